The Labute approximate surface area is 129 Å². The van der Waals surface area contributed by atoms with Crippen LogP contribution in [0.1, 0.15) is 5.69 Å². The number of halogens is 3. The zero-order valence-corrected chi connectivity index (χ0v) is 12.9. The Bertz CT molecular complexity index is 548. The number of rotatable bonds is 2. The average molecular weight is 336 g/mol. The van der Waals surface area contributed by atoms with Gasteiger partial charge in [-0.1, -0.05) is 0 Å². The van der Waals surface area contributed by atoms with Crippen LogP contribution in [0.25, 0.3) is 0 Å². The van der Waals surface area contributed by atoms with E-state index in [2.05, 4.69) is 9.97 Å². The Morgan fingerprint density at radius 3 is 2.50 bits per heavy atom. The lowest BCUT2D eigenvalue weighted by atomic mass is 10.4. The molecule has 1 aliphatic rings. The number of hydrogen-bond donors (Lipinski definition) is 0. The lowest BCUT2D eigenvalue weighted by Crippen LogP contribution is -2.34. The summed E-state index contributed by atoms with van der Waals surface area (Å²) in [6.45, 7) is 1.10. The molecule has 2 rings (SSSR count). The molecule has 0 spiro atoms. The first-order valence-electron chi connectivity index (χ1n) is 6.45. The molecule has 122 valence electrons. The zero-order valence-electron chi connectivity index (χ0n) is 12.1. The molecule has 1 saturated heterocycles. The van der Waals surface area contributed by atoms with E-state index in [0.717, 1.165) is 16.4 Å². The Kier molecular flexibility index (Phi) is 4.99. The first-order valence-corrected chi connectivity index (χ1v) is 7.61. The highest BCUT2D eigenvalue weighted by molar-refractivity contribution is 7.99. The van der Waals surface area contributed by atoms with Gasteiger partial charge in [0.15, 0.2) is 5.69 Å². The predicted molar refractivity (Wildman–Crippen MR) is 76.3 cm³/mol. The second kappa shape index (κ2) is 6.59. The molecule has 0 aromatic carbocycles. The first kappa shape index (κ1) is 16.7. The van der Waals surface area contributed by atoms with E-state index in [1.54, 1.807) is 16.7 Å². The molecular weight excluding hydrogens is 321 g/mol. The van der Waals surface area contributed by atoms with Crippen LogP contribution in [-0.2, 0) is 6.18 Å². The summed E-state index contributed by atoms with van der Waals surface area (Å²) in [5, 5.41) is 0. The molecule has 0 aliphatic carbocycles. The number of alkyl halides is 3. The summed E-state index contributed by atoms with van der Waals surface area (Å²) in [7, 11) is 2.86. The molecule has 10 heteroatoms. The normalized spacial score (nSPS) is 15.6. The SMILES string of the molecule is CN(C)C(=O)Oc1cc(C(F)(F)F)nc(N2CCSCC2)n1. The van der Waals surface area contributed by atoms with Crippen LogP contribution < -0.4 is 9.64 Å². The number of aromatic nitrogens is 2. The maximum absolute atomic E-state index is 12.9. The molecule has 0 unspecified atom stereocenters. The second-order valence-electron chi connectivity index (χ2n) is 4.75. The van der Waals surface area contributed by atoms with Crippen LogP contribution in [0.2, 0.25) is 0 Å². The minimum absolute atomic E-state index is 0.0725. The van der Waals surface area contributed by atoms with Gasteiger partial charge in [-0.3, -0.25) is 0 Å². The quantitative estimate of drug-likeness (QED) is 0.824. The average Bonchev–Trinajstić information content (AvgIpc) is 2.46. The number of carbonyl (C=O) groups is 1. The van der Waals surface area contributed by atoms with Crippen molar-refractivity contribution in [2.75, 3.05) is 43.6 Å². The minimum atomic E-state index is -4.64. The van der Waals surface area contributed by atoms with Crippen molar-refractivity contribution in [3.63, 3.8) is 0 Å². The van der Waals surface area contributed by atoms with Gasteiger partial charge in [-0.25, -0.2) is 9.78 Å². The molecular formula is C12H15F3N4O2S. The summed E-state index contributed by atoms with van der Waals surface area (Å²) in [6.07, 6.45) is -5.44. The van der Waals surface area contributed by atoms with Gasteiger partial charge in [0.1, 0.15) is 0 Å². The summed E-state index contributed by atoms with van der Waals surface area (Å²) < 4.78 is 43.7. The molecule has 1 fully saturated rings. The van der Waals surface area contributed by atoms with Crippen molar-refractivity contribution in [3.8, 4) is 5.88 Å². The third-order valence-corrected chi connectivity index (χ3v) is 3.77. The molecule has 0 saturated carbocycles. The van der Waals surface area contributed by atoms with Crippen LogP contribution in [0, 0.1) is 0 Å². The third kappa shape index (κ3) is 4.15. The summed E-state index contributed by atoms with van der Waals surface area (Å²) in [5.74, 6) is 1.09. The monoisotopic (exact) mass is 336 g/mol. The standard InChI is InChI=1S/C12H15F3N4O2S/c1-18(2)11(20)21-9-7-8(12(13,14)15)16-10(17-9)19-3-5-22-6-4-19/h7H,3-6H2,1-2H3. The number of ether oxygens (including phenoxy) is 1. The van der Waals surface area contributed by atoms with E-state index >= 15 is 0 Å². The predicted octanol–water partition coefficient (Wildman–Crippen LogP) is 2.11. The Balaban J connectivity index is 2.34. The fourth-order valence-corrected chi connectivity index (χ4v) is 2.60. The van der Waals surface area contributed by atoms with E-state index in [9.17, 15) is 18.0 Å². The van der Waals surface area contributed by atoms with Crippen LogP contribution in [0.5, 0.6) is 5.88 Å². The molecule has 22 heavy (non-hydrogen) atoms. The molecule has 0 atom stereocenters. The van der Waals surface area contributed by atoms with E-state index in [0.29, 0.717) is 19.2 Å². The minimum Gasteiger partial charge on any atom is -0.391 e. The van der Waals surface area contributed by atoms with E-state index < -0.39 is 23.8 Å². The summed E-state index contributed by atoms with van der Waals surface area (Å²) in [5.41, 5.74) is -1.13. The van der Waals surface area contributed by atoms with Gasteiger partial charge in [0, 0.05) is 44.8 Å². The highest BCUT2D eigenvalue weighted by Crippen LogP contribution is 2.31. The van der Waals surface area contributed by atoms with Crippen LogP contribution >= 0.6 is 11.8 Å². The van der Waals surface area contributed by atoms with Crippen molar-refractivity contribution in [1.82, 2.24) is 14.9 Å². The van der Waals surface area contributed by atoms with Crippen molar-refractivity contribution in [1.29, 1.82) is 0 Å². The zero-order chi connectivity index (χ0) is 16.3. The van der Waals surface area contributed by atoms with Crippen molar-refractivity contribution in [2.45, 2.75) is 6.18 Å². The van der Waals surface area contributed by atoms with Crippen molar-refractivity contribution < 1.29 is 22.7 Å². The number of nitrogens with zero attached hydrogens (tertiary/aromatic N) is 4. The van der Waals surface area contributed by atoms with Gasteiger partial charge in [-0.05, 0) is 0 Å². The Hall–Kier alpha value is -1.71. The van der Waals surface area contributed by atoms with Gasteiger partial charge < -0.3 is 14.5 Å². The Morgan fingerprint density at radius 1 is 1.32 bits per heavy atom. The fourth-order valence-electron chi connectivity index (χ4n) is 1.70. The van der Waals surface area contributed by atoms with Gasteiger partial charge in [0.2, 0.25) is 11.8 Å². The van der Waals surface area contributed by atoms with Gasteiger partial charge in [-0.2, -0.15) is 29.9 Å². The molecule has 0 bridgehead atoms. The van der Waals surface area contributed by atoms with Crippen LogP contribution in [0.15, 0.2) is 6.07 Å². The van der Waals surface area contributed by atoms with Gasteiger partial charge in [0.05, 0.1) is 0 Å². The van der Waals surface area contributed by atoms with E-state index in [4.69, 9.17) is 4.74 Å². The van der Waals surface area contributed by atoms with Crippen LogP contribution in [-0.4, -0.2) is 59.7 Å². The molecule has 2 heterocycles. The summed E-state index contributed by atoms with van der Waals surface area (Å²) >= 11 is 1.71. The molecule has 1 aliphatic heterocycles. The lowest BCUT2D eigenvalue weighted by Gasteiger charge is -2.27. The third-order valence-electron chi connectivity index (χ3n) is 2.83. The van der Waals surface area contributed by atoms with Crippen LogP contribution in [0.3, 0.4) is 0 Å². The molecule has 0 N–H and O–H groups in total. The molecule has 1 aromatic rings. The van der Waals surface area contributed by atoms with Gasteiger partial charge >= 0.3 is 12.3 Å². The van der Waals surface area contributed by atoms with Gasteiger partial charge in [0.25, 0.3) is 0 Å². The maximum Gasteiger partial charge on any atom is 0.433 e. The lowest BCUT2D eigenvalue weighted by molar-refractivity contribution is -0.141. The van der Waals surface area contributed by atoms with Crippen molar-refractivity contribution in [3.05, 3.63) is 11.8 Å². The number of hydrogen-bond acceptors (Lipinski definition) is 6. The summed E-state index contributed by atoms with van der Waals surface area (Å²) in [4.78, 5) is 21.7. The van der Waals surface area contributed by atoms with E-state index in [1.807, 2.05) is 0 Å². The molecule has 6 nitrogen and oxygen atoms in total. The first-order chi connectivity index (χ1) is 10.3. The van der Waals surface area contributed by atoms with Crippen molar-refractivity contribution in [2.24, 2.45) is 0 Å². The molecule has 1 aromatic heterocycles. The van der Waals surface area contributed by atoms with Crippen LogP contribution in [0.4, 0.5) is 23.9 Å². The van der Waals surface area contributed by atoms with E-state index in [-0.39, 0.29) is 5.95 Å². The summed E-state index contributed by atoms with van der Waals surface area (Å²) in [6, 6.07) is 0.629. The molecule has 0 radical (unpaired) electrons. The number of thioether (sulfide) groups is 1. The number of amides is 1. The maximum atomic E-state index is 12.9. The highest BCUT2D eigenvalue weighted by atomic mass is 32.2. The molecule has 1 amide bonds. The van der Waals surface area contributed by atoms with Crippen molar-refractivity contribution >= 4 is 23.8 Å². The number of carbonyl (C=O) groups excluding carboxylic acids is 1. The largest absolute Gasteiger partial charge is 0.433 e. The number of anilines is 1. The topological polar surface area (TPSA) is 58.6 Å². The Morgan fingerprint density at radius 2 is 1.95 bits per heavy atom. The fraction of sp³-hybridized carbons (Fsp3) is 0.583. The van der Waals surface area contributed by atoms with Gasteiger partial charge in [-0.15, -0.1) is 0 Å². The van der Waals surface area contributed by atoms with E-state index in [1.165, 1.54) is 14.1 Å². The highest BCUT2D eigenvalue weighted by Gasteiger charge is 2.35. The second-order valence-corrected chi connectivity index (χ2v) is 5.98. The smallest absolute Gasteiger partial charge is 0.391 e.